The Labute approximate surface area is 141 Å². The summed E-state index contributed by atoms with van der Waals surface area (Å²) in [7, 11) is 0. The fraction of sp³-hybridized carbons (Fsp3) is 0.316. The Morgan fingerprint density at radius 2 is 2.00 bits per heavy atom. The summed E-state index contributed by atoms with van der Waals surface area (Å²) >= 11 is 0. The third-order valence-electron chi connectivity index (χ3n) is 4.29. The monoisotopic (exact) mass is 326 g/mol. The summed E-state index contributed by atoms with van der Waals surface area (Å²) < 4.78 is 5.73. The van der Waals surface area contributed by atoms with Gasteiger partial charge in [-0.1, -0.05) is 24.3 Å². The number of nitrogens with zero attached hydrogens (tertiary/aromatic N) is 1. The number of hydroxylamine groups is 1. The zero-order valence-electron chi connectivity index (χ0n) is 13.6. The molecule has 0 fully saturated rings. The number of hydrogen-bond donors (Lipinski definition) is 2. The summed E-state index contributed by atoms with van der Waals surface area (Å²) in [6.07, 6.45) is 1.90. The van der Waals surface area contributed by atoms with Gasteiger partial charge in [-0.15, -0.1) is 0 Å². The lowest BCUT2D eigenvalue weighted by atomic mass is 9.97. The molecular formula is C19H22N2O3. The minimum absolute atomic E-state index is 0.460. The van der Waals surface area contributed by atoms with Crippen LogP contribution in [0.25, 0.3) is 0 Å². The lowest BCUT2D eigenvalue weighted by Gasteiger charge is -2.29. The van der Waals surface area contributed by atoms with Crippen molar-refractivity contribution in [3.8, 4) is 5.75 Å². The smallest absolute Gasteiger partial charge is 0.274 e. The highest BCUT2D eigenvalue weighted by Crippen LogP contribution is 2.20. The molecule has 0 saturated heterocycles. The molecule has 1 aliphatic rings. The van der Waals surface area contributed by atoms with E-state index < -0.39 is 5.91 Å². The molecule has 0 aromatic heterocycles. The number of benzene rings is 2. The minimum atomic E-state index is -0.460. The lowest BCUT2D eigenvalue weighted by Crippen LogP contribution is -2.32. The van der Waals surface area contributed by atoms with Gasteiger partial charge < -0.3 is 4.74 Å². The van der Waals surface area contributed by atoms with Crippen molar-refractivity contribution in [2.75, 3.05) is 19.7 Å². The van der Waals surface area contributed by atoms with Crippen LogP contribution < -0.4 is 10.2 Å². The Hall–Kier alpha value is -2.37. The predicted octanol–water partition coefficient (Wildman–Crippen LogP) is 2.63. The fourth-order valence-corrected chi connectivity index (χ4v) is 3.00. The van der Waals surface area contributed by atoms with E-state index in [4.69, 9.17) is 9.94 Å². The first kappa shape index (κ1) is 16.5. The van der Waals surface area contributed by atoms with Crippen molar-refractivity contribution in [2.45, 2.75) is 19.4 Å². The van der Waals surface area contributed by atoms with E-state index >= 15 is 0 Å². The van der Waals surface area contributed by atoms with Gasteiger partial charge in [0.1, 0.15) is 5.75 Å². The first-order valence-electron chi connectivity index (χ1n) is 8.23. The van der Waals surface area contributed by atoms with E-state index in [2.05, 4.69) is 4.90 Å². The van der Waals surface area contributed by atoms with E-state index in [0.717, 1.165) is 38.2 Å². The fourth-order valence-electron chi connectivity index (χ4n) is 3.00. The highest BCUT2D eigenvalue weighted by Gasteiger charge is 2.17. The average Bonchev–Trinajstić information content (AvgIpc) is 2.65. The molecule has 0 saturated carbocycles. The number of nitrogens with one attached hydrogen (secondary N) is 1. The maximum absolute atomic E-state index is 11.5. The summed E-state index contributed by atoms with van der Waals surface area (Å²) in [6, 6.07) is 15.5. The second-order valence-corrected chi connectivity index (χ2v) is 5.97. The van der Waals surface area contributed by atoms with Gasteiger partial charge in [-0.05, 0) is 48.2 Å². The molecule has 5 nitrogen and oxygen atoms in total. The second kappa shape index (κ2) is 7.95. The van der Waals surface area contributed by atoms with Crippen molar-refractivity contribution < 1.29 is 14.7 Å². The van der Waals surface area contributed by atoms with Crippen molar-refractivity contribution in [1.82, 2.24) is 10.4 Å². The van der Waals surface area contributed by atoms with Crippen LogP contribution in [0.3, 0.4) is 0 Å². The molecule has 0 atom stereocenters. The van der Waals surface area contributed by atoms with E-state index in [1.807, 2.05) is 42.5 Å². The van der Waals surface area contributed by atoms with Crippen LogP contribution in [-0.2, 0) is 13.0 Å². The number of carbonyl (C=O) groups excluding carboxylic acids is 1. The Morgan fingerprint density at radius 3 is 2.79 bits per heavy atom. The maximum atomic E-state index is 11.5. The van der Waals surface area contributed by atoms with Crippen LogP contribution in [0.15, 0.2) is 48.5 Å². The summed E-state index contributed by atoms with van der Waals surface area (Å²) in [5.74, 6) is 0.453. The van der Waals surface area contributed by atoms with Crippen LogP contribution in [-0.4, -0.2) is 35.7 Å². The Morgan fingerprint density at radius 1 is 1.17 bits per heavy atom. The quantitative estimate of drug-likeness (QED) is 0.487. The van der Waals surface area contributed by atoms with Crippen molar-refractivity contribution in [3.05, 3.63) is 65.2 Å². The number of carbonyl (C=O) groups is 1. The molecule has 2 aromatic carbocycles. The largest absolute Gasteiger partial charge is 0.494 e. The molecule has 3 rings (SSSR count). The first-order chi connectivity index (χ1) is 11.8. The van der Waals surface area contributed by atoms with Gasteiger partial charge >= 0.3 is 0 Å². The molecule has 0 bridgehead atoms. The number of ether oxygens (including phenoxy) is 1. The van der Waals surface area contributed by atoms with Gasteiger partial charge in [0.15, 0.2) is 0 Å². The standard InChI is InChI=1S/C19H22N2O3/c22-19(20-23)16-7-8-17-14-21(11-9-15(17)13-16)10-4-12-24-18-5-2-1-3-6-18/h1-3,5-8,13,23H,4,9-12,14H2,(H,20,22). The Bertz CT molecular complexity index is 688. The third kappa shape index (κ3) is 4.13. The molecule has 0 aliphatic carbocycles. The van der Waals surface area contributed by atoms with Gasteiger partial charge in [0.05, 0.1) is 6.61 Å². The van der Waals surface area contributed by atoms with Crippen molar-refractivity contribution in [2.24, 2.45) is 0 Å². The predicted molar refractivity (Wildman–Crippen MR) is 91.2 cm³/mol. The highest BCUT2D eigenvalue weighted by molar-refractivity contribution is 5.93. The Balaban J connectivity index is 1.48. The number of fused-ring (bicyclic) bond motifs is 1. The molecule has 1 aliphatic heterocycles. The summed E-state index contributed by atoms with van der Waals surface area (Å²) in [6.45, 7) is 3.57. The molecule has 2 N–H and O–H groups in total. The normalized spacial score (nSPS) is 14.0. The van der Waals surface area contributed by atoms with E-state index in [0.29, 0.717) is 12.2 Å². The van der Waals surface area contributed by atoms with Crippen LogP contribution in [0.2, 0.25) is 0 Å². The van der Waals surface area contributed by atoms with Gasteiger partial charge in [0.25, 0.3) is 5.91 Å². The van der Waals surface area contributed by atoms with Gasteiger partial charge in [-0.2, -0.15) is 0 Å². The summed E-state index contributed by atoms with van der Waals surface area (Å²) in [5, 5.41) is 8.72. The topological polar surface area (TPSA) is 61.8 Å². The van der Waals surface area contributed by atoms with E-state index in [9.17, 15) is 4.79 Å². The van der Waals surface area contributed by atoms with Crippen LogP contribution >= 0.6 is 0 Å². The highest BCUT2D eigenvalue weighted by atomic mass is 16.5. The number of rotatable bonds is 6. The SMILES string of the molecule is O=C(NO)c1ccc2c(c1)CCN(CCCOc1ccccc1)C2. The maximum Gasteiger partial charge on any atom is 0.274 e. The summed E-state index contributed by atoms with van der Waals surface area (Å²) in [4.78, 5) is 13.9. The van der Waals surface area contributed by atoms with Gasteiger partial charge in [0.2, 0.25) is 0 Å². The summed E-state index contributed by atoms with van der Waals surface area (Å²) in [5.41, 5.74) is 4.62. The van der Waals surface area contributed by atoms with E-state index in [1.165, 1.54) is 11.1 Å². The molecule has 0 spiro atoms. The van der Waals surface area contributed by atoms with Gasteiger partial charge in [-0.25, -0.2) is 5.48 Å². The molecular weight excluding hydrogens is 304 g/mol. The van der Waals surface area contributed by atoms with Crippen LogP contribution in [0.1, 0.15) is 27.9 Å². The first-order valence-corrected chi connectivity index (χ1v) is 8.23. The van der Waals surface area contributed by atoms with Crippen LogP contribution in [0.5, 0.6) is 5.75 Å². The molecule has 24 heavy (non-hydrogen) atoms. The van der Waals surface area contributed by atoms with Crippen LogP contribution in [0, 0.1) is 0 Å². The van der Waals surface area contributed by atoms with Gasteiger partial charge in [0, 0.05) is 25.2 Å². The van der Waals surface area contributed by atoms with E-state index in [-0.39, 0.29) is 0 Å². The van der Waals surface area contributed by atoms with Crippen molar-refractivity contribution >= 4 is 5.91 Å². The minimum Gasteiger partial charge on any atom is -0.494 e. The lowest BCUT2D eigenvalue weighted by molar-refractivity contribution is 0.0706. The zero-order valence-corrected chi connectivity index (χ0v) is 13.6. The number of para-hydroxylation sites is 1. The van der Waals surface area contributed by atoms with E-state index in [1.54, 1.807) is 11.5 Å². The molecule has 126 valence electrons. The molecule has 5 heteroatoms. The molecule has 1 amide bonds. The Kier molecular flexibility index (Phi) is 5.46. The third-order valence-corrected chi connectivity index (χ3v) is 4.29. The molecule has 2 aromatic rings. The number of hydrogen-bond acceptors (Lipinski definition) is 4. The molecule has 1 heterocycles. The second-order valence-electron chi connectivity index (χ2n) is 5.97. The molecule has 0 unspecified atom stereocenters. The van der Waals surface area contributed by atoms with Crippen molar-refractivity contribution in [3.63, 3.8) is 0 Å². The molecule has 0 radical (unpaired) electrons. The van der Waals surface area contributed by atoms with Crippen molar-refractivity contribution in [1.29, 1.82) is 0 Å². The van der Waals surface area contributed by atoms with Crippen LogP contribution in [0.4, 0.5) is 0 Å². The average molecular weight is 326 g/mol. The van der Waals surface area contributed by atoms with Gasteiger partial charge in [-0.3, -0.25) is 14.9 Å². The number of amides is 1. The zero-order chi connectivity index (χ0) is 16.8.